The number of hydrogen-bond acceptors (Lipinski definition) is 4. The summed E-state index contributed by atoms with van der Waals surface area (Å²) in [6, 6.07) is 1.52. The van der Waals surface area contributed by atoms with Crippen LogP contribution in [0.4, 0.5) is 0 Å². The molecule has 1 aromatic heterocycles. The molecule has 22 heavy (non-hydrogen) atoms. The van der Waals surface area contributed by atoms with Crippen LogP contribution in [0.2, 0.25) is 5.02 Å². The van der Waals surface area contributed by atoms with E-state index in [1.54, 1.807) is 0 Å². The number of aromatic nitrogens is 1. The molecule has 1 aliphatic carbocycles. The minimum atomic E-state index is -0.757. The quantitative estimate of drug-likeness (QED) is 0.868. The lowest BCUT2D eigenvalue weighted by atomic mass is 9.86. The highest BCUT2D eigenvalue weighted by Crippen LogP contribution is 2.25. The van der Waals surface area contributed by atoms with Gasteiger partial charge < -0.3 is 15.2 Å². The molecule has 0 aliphatic heterocycles. The molecule has 0 bridgehead atoms. The Morgan fingerprint density at radius 2 is 2.09 bits per heavy atom. The molecule has 0 spiro atoms. The first kappa shape index (κ1) is 16.5. The van der Waals surface area contributed by atoms with Gasteiger partial charge in [-0.05, 0) is 38.7 Å². The van der Waals surface area contributed by atoms with E-state index in [2.05, 4.69) is 10.3 Å². The third-order valence-corrected chi connectivity index (χ3v) is 4.03. The predicted octanol–water partition coefficient (Wildman–Crippen LogP) is 2.51. The number of carboxylic acid groups (broad SMARTS) is 1. The molecule has 1 aromatic rings. The third-order valence-electron chi connectivity index (χ3n) is 3.76. The fraction of sp³-hybridized carbons (Fsp3) is 0.533. The van der Waals surface area contributed by atoms with Crippen molar-refractivity contribution in [1.82, 2.24) is 10.3 Å². The molecule has 0 unspecified atom stereocenters. The van der Waals surface area contributed by atoms with Gasteiger partial charge in [0.25, 0.3) is 5.91 Å². The Morgan fingerprint density at radius 1 is 1.41 bits per heavy atom. The number of nitrogens with one attached hydrogen (secondary N) is 1. The van der Waals surface area contributed by atoms with Gasteiger partial charge in [-0.2, -0.15) is 0 Å². The molecule has 6 nitrogen and oxygen atoms in total. The Kier molecular flexibility index (Phi) is 5.60. The van der Waals surface area contributed by atoms with Crippen LogP contribution in [0.1, 0.15) is 43.0 Å². The number of rotatable bonds is 5. The maximum absolute atomic E-state index is 12.2. The second-order valence-corrected chi connectivity index (χ2v) is 5.71. The first-order chi connectivity index (χ1) is 10.5. The van der Waals surface area contributed by atoms with Gasteiger partial charge in [0.05, 0.1) is 18.1 Å². The van der Waals surface area contributed by atoms with E-state index in [4.69, 9.17) is 21.4 Å². The standard InChI is InChI=1S/C15H19ClN2O4/c1-2-22-14-12(16)7-10(8-17-14)13(19)18-11-5-3-9(4-6-11)15(20)21/h7-9,11H,2-6H2,1H3,(H,18,19)(H,20,21). The number of amides is 1. The van der Waals surface area contributed by atoms with Crippen molar-refractivity contribution in [2.75, 3.05) is 6.61 Å². The molecule has 2 N–H and O–H groups in total. The Bertz CT molecular complexity index is 556. The van der Waals surface area contributed by atoms with Gasteiger partial charge in [0.1, 0.15) is 5.02 Å². The first-order valence-corrected chi connectivity index (χ1v) is 7.71. The Morgan fingerprint density at radius 3 is 2.64 bits per heavy atom. The van der Waals surface area contributed by atoms with Gasteiger partial charge in [-0.25, -0.2) is 4.98 Å². The van der Waals surface area contributed by atoms with Crippen molar-refractivity contribution < 1.29 is 19.4 Å². The van der Waals surface area contributed by atoms with Crippen molar-refractivity contribution >= 4 is 23.5 Å². The lowest BCUT2D eigenvalue weighted by Gasteiger charge is -2.26. The van der Waals surface area contributed by atoms with Crippen molar-refractivity contribution in [3.63, 3.8) is 0 Å². The normalized spacial score (nSPS) is 21.2. The third kappa shape index (κ3) is 4.10. The summed E-state index contributed by atoms with van der Waals surface area (Å²) in [4.78, 5) is 27.1. The Hall–Kier alpha value is -1.82. The van der Waals surface area contributed by atoms with Gasteiger partial charge >= 0.3 is 5.97 Å². The van der Waals surface area contributed by atoms with Crippen molar-refractivity contribution in [2.24, 2.45) is 5.92 Å². The minimum absolute atomic E-state index is 0.00607. The minimum Gasteiger partial charge on any atom is -0.481 e. The van der Waals surface area contributed by atoms with Crippen LogP contribution in [0.25, 0.3) is 0 Å². The molecular formula is C15H19ClN2O4. The number of hydrogen-bond donors (Lipinski definition) is 2. The molecular weight excluding hydrogens is 308 g/mol. The van der Waals surface area contributed by atoms with E-state index in [0.717, 1.165) is 0 Å². The van der Waals surface area contributed by atoms with E-state index >= 15 is 0 Å². The van der Waals surface area contributed by atoms with Gasteiger partial charge in [0, 0.05) is 12.2 Å². The van der Waals surface area contributed by atoms with E-state index in [-0.39, 0.29) is 17.9 Å². The average molecular weight is 327 g/mol. The lowest BCUT2D eigenvalue weighted by Crippen LogP contribution is -2.38. The fourth-order valence-electron chi connectivity index (χ4n) is 2.55. The van der Waals surface area contributed by atoms with Gasteiger partial charge in [-0.1, -0.05) is 11.6 Å². The van der Waals surface area contributed by atoms with Crippen LogP contribution in [0, 0.1) is 5.92 Å². The first-order valence-electron chi connectivity index (χ1n) is 7.33. The highest BCUT2D eigenvalue weighted by atomic mass is 35.5. The summed E-state index contributed by atoms with van der Waals surface area (Å²) in [7, 11) is 0. The van der Waals surface area contributed by atoms with Crippen LogP contribution in [0.5, 0.6) is 5.88 Å². The topological polar surface area (TPSA) is 88.5 Å². The van der Waals surface area contributed by atoms with Crippen molar-refractivity contribution in [1.29, 1.82) is 0 Å². The number of ether oxygens (including phenoxy) is 1. The van der Waals surface area contributed by atoms with Gasteiger partial charge in [0.15, 0.2) is 0 Å². The zero-order chi connectivity index (χ0) is 16.1. The second-order valence-electron chi connectivity index (χ2n) is 5.30. The molecule has 1 aliphatic rings. The highest BCUT2D eigenvalue weighted by molar-refractivity contribution is 6.32. The molecule has 2 rings (SSSR count). The zero-order valence-electron chi connectivity index (χ0n) is 12.3. The number of pyridine rings is 1. The second kappa shape index (κ2) is 7.45. The number of carbonyl (C=O) groups is 2. The molecule has 0 radical (unpaired) electrons. The molecule has 0 saturated heterocycles. The summed E-state index contributed by atoms with van der Waals surface area (Å²) >= 11 is 6.02. The molecule has 0 atom stereocenters. The number of carboxylic acids is 1. The monoisotopic (exact) mass is 326 g/mol. The van der Waals surface area contributed by atoms with Crippen LogP contribution < -0.4 is 10.1 Å². The highest BCUT2D eigenvalue weighted by Gasteiger charge is 2.27. The van der Waals surface area contributed by atoms with E-state index in [1.807, 2.05) is 6.92 Å². The maximum Gasteiger partial charge on any atom is 0.306 e. The largest absolute Gasteiger partial charge is 0.481 e. The molecule has 1 saturated carbocycles. The van der Waals surface area contributed by atoms with Crippen LogP contribution in [-0.4, -0.2) is 34.6 Å². The summed E-state index contributed by atoms with van der Waals surface area (Å²) in [6.45, 7) is 2.27. The molecule has 120 valence electrons. The Balaban J connectivity index is 1.93. The zero-order valence-corrected chi connectivity index (χ0v) is 13.1. The van der Waals surface area contributed by atoms with E-state index < -0.39 is 5.97 Å². The maximum atomic E-state index is 12.2. The van der Waals surface area contributed by atoms with Crippen molar-refractivity contribution in [3.8, 4) is 5.88 Å². The summed E-state index contributed by atoms with van der Waals surface area (Å²) in [5.41, 5.74) is 0.369. The number of carbonyl (C=O) groups excluding carboxylic acids is 1. The van der Waals surface area contributed by atoms with Crippen LogP contribution in [0.3, 0.4) is 0 Å². The molecule has 1 fully saturated rings. The summed E-state index contributed by atoms with van der Waals surface area (Å²) in [5, 5.41) is 12.2. The number of aliphatic carboxylic acids is 1. The SMILES string of the molecule is CCOc1ncc(C(=O)NC2CCC(C(=O)O)CC2)cc1Cl. The Labute approximate surface area is 133 Å². The number of halogens is 1. The van der Waals surface area contributed by atoms with E-state index in [0.29, 0.717) is 48.8 Å². The van der Waals surface area contributed by atoms with Crippen LogP contribution in [-0.2, 0) is 4.79 Å². The van der Waals surface area contributed by atoms with Crippen molar-refractivity contribution in [2.45, 2.75) is 38.6 Å². The van der Waals surface area contributed by atoms with Crippen molar-refractivity contribution in [3.05, 3.63) is 22.8 Å². The lowest BCUT2D eigenvalue weighted by molar-refractivity contribution is -0.142. The summed E-state index contributed by atoms with van der Waals surface area (Å²) in [5.74, 6) is -0.999. The fourth-order valence-corrected chi connectivity index (χ4v) is 2.77. The summed E-state index contributed by atoms with van der Waals surface area (Å²) in [6.07, 6.45) is 3.93. The van der Waals surface area contributed by atoms with Gasteiger partial charge in [-0.3, -0.25) is 9.59 Å². The smallest absolute Gasteiger partial charge is 0.306 e. The van der Waals surface area contributed by atoms with E-state index in [1.165, 1.54) is 12.3 Å². The average Bonchev–Trinajstić information content (AvgIpc) is 2.50. The van der Waals surface area contributed by atoms with Crippen LogP contribution >= 0.6 is 11.6 Å². The van der Waals surface area contributed by atoms with Gasteiger partial charge in [-0.15, -0.1) is 0 Å². The summed E-state index contributed by atoms with van der Waals surface area (Å²) < 4.78 is 5.23. The molecule has 1 heterocycles. The molecule has 0 aromatic carbocycles. The molecule has 1 amide bonds. The van der Waals surface area contributed by atoms with E-state index in [9.17, 15) is 9.59 Å². The van der Waals surface area contributed by atoms with Gasteiger partial charge in [0.2, 0.25) is 5.88 Å². The van der Waals surface area contributed by atoms with Crippen LogP contribution in [0.15, 0.2) is 12.3 Å². The predicted molar refractivity (Wildman–Crippen MR) is 81.3 cm³/mol. The molecule has 7 heteroatoms. The number of nitrogens with zero attached hydrogens (tertiary/aromatic N) is 1.